The summed E-state index contributed by atoms with van der Waals surface area (Å²) < 4.78 is 0. The number of piperidine rings is 1. The van der Waals surface area contributed by atoms with Gasteiger partial charge in [0.05, 0.1) is 6.04 Å². The predicted octanol–water partition coefficient (Wildman–Crippen LogP) is -0.197. The van der Waals surface area contributed by atoms with E-state index in [1.165, 1.54) is 0 Å². The van der Waals surface area contributed by atoms with Gasteiger partial charge in [-0.3, -0.25) is 9.59 Å². The molecule has 1 fully saturated rings. The number of likely N-dealkylation sites (N-methyl/N-ethyl adjacent to an activating group) is 1. The Balaban J connectivity index is 2.69. The minimum atomic E-state index is -0.434. The van der Waals surface area contributed by atoms with Gasteiger partial charge < -0.3 is 15.5 Å². The van der Waals surface area contributed by atoms with E-state index in [0.717, 1.165) is 12.8 Å². The van der Waals surface area contributed by atoms with E-state index in [0.29, 0.717) is 13.1 Å². The van der Waals surface area contributed by atoms with Crippen LogP contribution in [0.4, 0.5) is 0 Å². The van der Waals surface area contributed by atoms with Crippen molar-refractivity contribution < 1.29 is 9.59 Å². The highest BCUT2D eigenvalue weighted by molar-refractivity contribution is 5.89. The van der Waals surface area contributed by atoms with E-state index in [1.54, 1.807) is 23.8 Å². The van der Waals surface area contributed by atoms with Crippen LogP contribution >= 0.6 is 0 Å². The molecule has 0 aromatic heterocycles. The van der Waals surface area contributed by atoms with Crippen LogP contribution < -0.4 is 5.73 Å². The van der Waals surface area contributed by atoms with E-state index >= 15 is 0 Å². The van der Waals surface area contributed by atoms with Gasteiger partial charge in [-0.25, -0.2) is 0 Å². The van der Waals surface area contributed by atoms with Crippen molar-refractivity contribution in [2.75, 3.05) is 20.1 Å². The van der Waals surface area contributed by atoms with Crippen molar-refractivity contribution in [2.45, 2.75) is 38.8 Å². The molecule has 0 spiro atoms. The van der Waals surface area contributed by atoms with Crippen LogP contribution in [0.2, 0.25) is 0 Å². The standard InChI is InChI=1S/C11H21N3O2/c1-4-13(3)10(15)8(2)14-7-5-6-9(12)11(14)16/h8-9H,4-7,12H2,1-3H3. The van der Waals surface area contributed by atoms with Gasteiger partial charge in [-0.2, -0.15) is 0 Å². The first-order valence-corrected chi connectivity index (χ1v) is 5.80. The molecule has 0 radical (unpaired) electrons. The van der Waals surface area contributed by atoms with Crippen LogP contribution in [-0.4, -0.2) is 53.8 Å². The minimum Gasteiger partial charge on any atom is -0.344 e. The molecule has 1 aliphatic heterocycles. The van der Waals surface area contributed by atoms with Crippen molar-refractivity contribution in [3.63, 3.8) is 0 Å². The summed E-state index contributed by atoms with van der Waals surface area (Å²) in [6.45, 7) is 4.97. The number of hydrogen-bond donors (Lipinski definition) is 1. The van der Waals surface area contributed by atoms with Crippen LogP contribution in [0, 0.1) is 0 Å². The molecule has 1 heterocycles. The lowest BCUT2D eigenvalue weighted by atomic mass is 10.0. The molecule has 16 heavy (non-hydrogen) atoms. The van der Waals surface area contributed by atoms with Gasteiger partial charge in [-0.1, -0.05) is 0 Å². The lowest BCUT2D eigenvalue weighted by molar-refractivity contribution is -0.146. The second kappa shape index (κ2) is 5.30. The first-order chi connectivity index (χ1) is 7.49. The van der Waals surface area contributed by atoms with E-state index in [1.807, 2.05) is 6.92 Å². The fourth-order valence-electron chi connectivity index (χ4n) is 1.92. The quantitative estimate of drug-likeness (QED) is 0.726. The summed E-state index contributed by atoms with van der Waals surface area (Å²) in [4.78, 5) is 27.0. The molecule has 0 saturated carbocycles. The van der Waals surface area contributed by atoms with Gasteiger partial charge in [0.2, 0.25) is 11.8 Å². The van der Waals surface area contributed by atoms with Crippen LogP contribution in [0.1, 0.15) is 26.7 Å². The maximum absolute atomic E-state index is 11.9. The van der Waals surface area contributed by atoms with E-state index < -0.39 is 12.1 Å². The topological polar surface area (TPSA) is 66.6 Å². The average Bonchev–Trinajstić information content (AvgIpc) is 2.29. The Morgan fingerprint density at radius 2 is 2.31 bits per heavy atom. The molecule has 0 aromatic carbocycles. The van der Waals surface area contributed by atoms with E-state index in [9.17, 15) is 9.59 Å². The molecule has 2 atom stereocenters. The number of likely N-dealkylation sites (tertiary alicyclic amines) is 1. The molecular weight excluding hydrogens is 206 g/mol. The Bertz CT molecular complexity index is 280. The average molecular weight is 227 g/mol. The molecule has 0 bridgehead atoms. The molecule has 2 N–H and O–H groups in total. The number of rotatable bonds is 3. The summed E-state index contributed by atoms with van der Waals surface area (Å²) in [5.41, 5.74) is 5.70. The first-order valence-electron chi connectivity index (χ1n) is 5.80. The summed E-state index contributed by atoms with van der Waals surface area (Å²) >= 11 is 0. The number of nitrogens with zero attached hydrogens (tertiary/aromatic N) is 2. The largest absolute Gasteiger partial charge is 0.344 e. The molecule has 2 amide bonds. The van der Waals surface area contributed by atoms with Crippen molar-refractivity contribution in [3.05, 3.63) is 0 Å². The smallest absolute Gasteiger partial charge is 0.244 e. The van der Waals surface area contributed by atoms with Crippen molar-refractivity contribution in [1.82, 2.24) is 9.80 Å². The summed E-state index contributed by atoms with van der Waals surface area (Å²) in [7, 11) is 1.74. The van der Waals surface area contributed by atoms with Crippen molar-refractivity contribution in [1.29, 1.82) is 0 Å². The SMILES string of the molecule is CCN(C)C(=O)C(C)N1CCCC(N)C1=O. The molecule has 0 aromatic rings. The zero-order valence-electron chi connectivity index (χ0n) is 10.3. The van der Waals surface area contributed by atoms with E-state index in [4.69, 9.17) is 5.73 Å². The predicted molar refractivity (Wildman–Crippen MR) is 61.7 cm³/mol. The normalized spacial score (nSPS) is 23.1. The van der Waals surface area contributed by atoms with Crippen LogP contribution in [0.5, 0.6) is 0 Å². The highest BCUT2D eigenvalue weighted by atomic mass is 16.2. The van der Waals surface area contributed by atoms with Gasteiger partial charge in [-0.05, 0) is 26.7 Å². The van der Waals surface area contributed by atoms with Crippen LogP contribution in [-0.2, 0) is 9.59 Å². The Hall–Kier alpha value is -1.10. The van der Waals surface area contributed by atoms with Gasteiger partial charge >= 0.3 is 0 Å². The summed E-state index contributed by atoms with van der Waals surface area (Å²) in [5, 5.41) is 0. The van der Waals surface area contributed by atoms with Crippen LogP contribution in [0.3, 0.4) is 0 Å². The Kier molecular flexibility index (Phi) is 4.29. The molecule has 1 rings (SSSR count). The number of carbonyl (C=O) groups is 2. The number of carbonyl (C=O) groups excluding carboxylic acids is 2. The highest BCUT2D eigenvalue weighted by Gasteiger charge is 2.32. The van der Waals surface area contributed by atoms with Gasteiger partial charge in [0.1, 0.15) is 6.04 Å². The number of amides is 2. The summed E-state index contributed by atoms with van der Waals surface area (Å²) in [6, 6.07) is -0.834. The Morgan fingerprint density at radius 3 is 2.88 bits per heavy atom. The van der Waals surface area contributed by atoms with Crippen molar-refractivity contribution in [3.8, 4) is 0 Å². The van der Waals surface area contributed by atoms with Crippen molar-refractivity contribution in [2.24, 2.45) is 5.73 Å². The second-order valence-electron chi connectivity index (χ2n) is 4.31. The fourth-order valence-corrected chi connectivity index (χ4v) is 1.92. The maximum Gasteiger partial charge on any atom is 0.244 e. The van der Waals surface area contributed by atoms with E-state index in [-0.39, 0.29) is 11.8 Å². The molecule has 2 unspecified atom stereocenters. The third kappa shape index (κ3) is 2.52. The van der Waals surface area contributed by atoms with Gasteiger partial charge in [0.15, 0.2) is 0 Å². The molecule has 1 aliphatic rings. The monoisotopic (exact) mass is 227 g/mol. The zero-order chi connectivity index (χ0) is 12.3. The van der Waals surface area contributed by atoms with Gasteiger partial charge in [0, 0.05) is 20.1 Å². The van der Waals surface area contributed by atoms with E-state index in [2.05, 4.69) is 0 Å². The Labute approximate surface area is 96.6 Å². The third-order valence-electron chi connectivity index (χ3n) is 3.19. The number of hydrogen-bond acceptors (Lipinski definition) is 3. The molecule has 1 saturated heterocycles. The van der Waals surface area contributed by atoms with Crippen LogP contribution in [0.25, 0.3) is 0 Å². The van der Waals surface area contributed by atoms with Gasteiger partial charge in [-0.15, -0.1) is 0 Å². The summed E-state index contributed by atoms with van der Waals surface area (Å²) in [6.07, 6.45) is 1.60. The Morgan fingerprint density at radius 1 is 1.69 bits per heavy atom. The maximum atomic E-state index is 11.9. The highest BCUT2D eigenvalue weighted by Crippen LogP contribution is 2.14. The fraction of sp³-hybridized carbons (Fsp3) is 0.818. The molecular formula is C11H21N3O2. The van der Waals surface area contributed by atoms with Gasteiger partial charge in [0.25, 0.3) is 0 Å². The molecule has 5 heteroatoms. The summed E-state index contributed by atoms with van der Waals surface area (Å²) in [5.74, 6) is -0.124. The lowest BCUT2D eigenvalue weighted by Crippen LogP contribution is -2.56. The van der Waals surface area contributed by atoms with Crippen molar-refractivity contribution >= 4 is 11.8 Å². The molecule has 92 valence electrons. The second-order valence-corrected chi connectivity index (χ2v) is 4.31. The van der Waals surface area contributed by atoms with Crippen LogP contribution in [0.15, 0.2) is 0 Å². The lowest BCUT2D eigenvalue weighted by Gasteiger charge is -2.35. The molecule has 0 aliphatic carbocycles. The first kappa shape index (κ1) is 13.0. The minimum absolute atomic E-state index is 0.0232. The molecule has 5 nitrogen and oxygen atoms in total. The number of nitrogens with two attached hydrogens (primary N) is 1. The zero-order valence-corrected chi connectivity index (χ0v) is 10.3. The third-order valence-corrected chi connectivity index (χ3v) is 3.19.